The van der Waals surface area contributed by atoms with Gasteiger partial charge >= 0.3 is 0 Å². The van der Waals surface area contributed by atoms with Crippen molar-refractivity contribution in [2.24, 2.45) is 0 Å². The number of fused-ring (bicyclic) bond motifs is 2. The lowest BCUT2D eigenvalue weighted by molar-refractivity contribution is -0.130. The summed E-state index contributed by atoms with van der Waals surface area (Å²) in [6.45, 7) is 8.24. The van der Waals surface area contributed by atoms with Gasteiger partial charge < -0.3 is 18.9 Å². The fourth-order valence-electron chi connectivity index (χ4n) is 4.29. The number of hydrogen-bond acceptors (Lipinski definition) is 8. The van der Waals surface area contributed by atoms with Crippen LogP contribution in [0.5, 0.6) is 17.2 Å². The Bertz CT molecular complexity index is 1180. The first kappa shape index (κ1) is 22.9. The summed E-state index contributed by atoms with van der Waals surface area (Å²) >= 11 is 1.50. The minimum Gasteiger partial charge on any atom is -0.494 e. The Hall–Kier alpha value is -2.88. The number of carbonyl (C=O) groups is 1. The van der Waals surface area contributed by atoms with Crippen LogP contribution < -0.4 is 19.1 Å². The summed E-state index contributed by atoms with van der Waals surface area (Å²) in [6, 6.07) is 11.4. The molecule has 0 spiro atoms. The molecule has 2 aromatic carbocycles. The second-order valence-corrected chi connectivity index (χ2v) is 9.49. The number of morpholine rings is 1. The van der Waals surface area contributed by atoms with Gasteiger partial charge in [-0.1, -0.05) is 29.5 Å². The Kier molecular flexibility index (Phi) is 6.58. The highest BCUT2D eigenvalue weighted by atomic mass is 32.1. The van der Waals surface area contributed by atoms with E-state index in [4.69, 9.17) is 23.9 Å². The molecule has 9 heteroatoms. The molecule has 2 atom stereocenters. The number of ether oxygens (including phenoxy) is 4. The third-order valence-electron chi connectivity index (χ3n) is 6.24. The van der Waals surface area contributed by atoms with Crippen LogP contribution in [0.25, 0.3) is 10.2 Å². The fourth-order valence-corrected chi connectivity index (χ4v) is 5.37. The van der Waals surface area contributed by atoms with Gasteiger partial charge in [-0.25, -0.2) is 4.98 Å². The summed E-state index contributed by atoms with van der Waals surface area (Å²) in [5, 5.41) is 0.635. The average molecular weight is 484 g/mol. The van der Waals surface area contributed by atoms with Crippen LogP contribution in [0, 0.1) is 6.92 Å². The van der Waals surface area contributed by atoms with E-state index in [1.54, 1.807) is 12.0 Å². The number of nitrogens with zero attached hydrogens (tertiary/aromatic N) is 3. The van der Waals surface area contributed by atoms with Crippen molar-refractivity contribution in [2.45, 2.75) is 26.1 Å². The zero-order valence-electron chi connectivity index (χ0n) is 19.7. The van der Waals surface area contributed by atoms with Crippen LogP contribution in [0.2, 0.25) is 0 Å². The normalized spacial score (nSPS) is 20.3. The molecule has 3 heterocycles. The van der Waals surface area contributed by atoms with Gasteiger partial charge in [-0.15, -0.1) is 0 Å². The van der Waals surface area contributed by atoms with Gasteiger partial charge in [0.25, 0.3) is 5.91 Å². The van der Waals surface area contributed by atoms with Gasteiger partial charge in [0.2, 0.25) is 6.10 Å². The SMILES string of the molecule is COc1ccc(C)c2sc(N(CCN3CCOCC3)C(=O)C3Oc4ccccc4OC3C)nc12. The first-order valence-corrected chi connectivity index (χ1v) is 12.3. The van der Waals surface area contributed by atoms with Crippen LogP contribution >= 0.6 is 11.3 Å². The molecule has 1 saturated heterocycles. The topological polar surface area (TPSA) is 73.4 Å². The van der Waals surface area contributed by atoms with Crippen molar-refractivity contribution in [3.05, 3.63) is 42.0 Å². The lowest BCUT2D eigenvalue weighted by Crippen LogP contribution is -2.52. The molecule has 5 rings (SSSR count). The quantitative estimate of drug-likeness (QED) is 0.531. The van der Waals surface area contributed by atoms with Crippen LogP contribution in [0.15, 0.2) is 36.4 Å². The number of aromatic nitrogens is 1. The molecule has 3 aromatic rings. The van der Waals surface area contributed by atoms with Crippen molar-refractivity contribution in [1.29, 1.82) is 0 Å². The molecule has 8 nitrogen and oxygen atoms in total. The van der Waals surface area contributed by atoms with Gasteiger partial charge in [-0.05, 0) is 37.6 Å². The summed E-state index contributed by atoms with van der Waals surface area (Å²) in [7, 11) is 1.64. The van der Waals surface area contributed by atoms with Gasteiger partial charge in [0, 0.05) is 26.2 Å². The minimum atomic E-state index is -0.769. The maximum atomic E-state index is 13.9. The van der Waals surface area contributed by atoms with Crippen molar-refractivity contribution in [1.82, 2.24) is 9.88 Å². The van der Waals surface area contributed by atoms with Crippen LogP contribution in [-0.2, 0) is 9.53 Å². The Balaban J connectivity index is 1.47. The Labute approximate surface area is 203 Å². The maximum absolute atomic E-state index is 13.9. The second kappa shape index (κ2) is 9.77. The van der Waals surface area contributed by atoms with Crippen LogP contribution in [0.4, 0.5) is 5.13 Å². The van der Waals surface area contributed by atoms with E-state index in [9.17, 15) is 4.79 Å². The summed E-state index contributed by atoms with van der Waals surface area (Å²) in [5.74, 6) is 1.77. The molecular formula is C25H29N3O5S. The molecule has 1 aromatic heterocycles. The predicted octanol–water partition coefficient (Wildman–Crippen LogP) is 3.51. The van der Waals surface area contributed by atoms with E-state index < -0.39 is 12.2 Å². The van der Waals surface area contributed by atoms with Crippen molar-refractivity contribution >= 4 is 32.6 Å². The van der Waals surface area contributed by atoms with Crippen molar-refractivity contribution in [3.63, 3.8) is 0 Å². The highest BCUT2D eigenvalue weighted by Gasteiger charge is 2.38. The third-order valence-corrected chi connectivity index (χ3v) is 7.45. The summed E-state index contributed by atoms with van der Waals surface area (Å²) < 4.78 is 24.2. The minimum absolute atomic E-state index is 0.161. The molecule has 0 radical (unpaired) electrons. The van der Waals surface area contributed by atoms with E-state index in [1.807, 2.05) is 50.2 Å². The Morgan fingerprint density at radius 1 is 1.18 bits per heavy atom. The lowest BCUT2D eigenvalue weighted by Gasteiger charge is -2.34. The van der Waals surface area contributed by atoms with E-state index in [0.29, 0.717) is 42.1 Å². The number of amides is 1. The lowest BCUT2D eigenvalue weighted by atomic mass is 10.1. The zero-order chi connectivity index (χ0) is 23.7. The number of methoxy groups -OCH3 is 1. The number of rotatable bonds is 6. The van der Waals surface area contributed by atoms with Crippen molar-refractivity contribution in [3.8, 4) is 17.2 Å². The number of hydrogen-bond donors (Lipinski definition) is 0. The fraction of sp³-hybridized carbons (Fsp3) is 0.440. The first-order chi connectivity index (χ1) is 16.5. The molecule has 1 fully saturated rings. The molecule has 1 amide bonds. The van der Waals surface area contributed by atoms with Crippen LogP contribution in [0.3, 0.4) is 0 Å². The molecule has 0 saturated carbocycles. The van der Waals surface area contributed by atoms with Gasteiger partial charge in [-0.3, -0.25) is 14.6 Å². The van der Waals surface area contributed by atoms with E-state index in [2.05, 4.69) is 4.90 Å². The molecule has 180 valence electrons. The maximum Gasteiger partial charge on any atom is 0.273 e. The van der Waals surface area contributed by atoms with Gasteiger partial charge in [0.1, 0.15) is 17.4 Å². The highest BCUT2D eigenvalue weighted by molar-refractivity contribution is 7.22. The predicted molar refractivity (Wildman–Crippen MR) is 131 cm³/mol. The number of benzene rings is 2. The Morgan fingerprint density at radius 2 is 1.91 bits per heavy atom. The van der Waals surface area contributed by atoms with Crippen molar-refractivity contribution < 1.29 is 23.7 Å². The monoisotopic (exact) mass is 483 g/mol. The molecule has 0 aliphatic carbocycles. The number of thiazole rings is 1. The molecule has 0 bridgehead atoms. The van der Waals surface area contributed by atoms with E-state index in [-0.39, 0.29) is 5.91 Å². The van der Waals surface area contributed by atoms with E-state index in [0.717, 1.165) is 35.4 Å². The molecule has 2 aliphatic rings. The number of carbonyl (C=O) groups excluding carboxylic acids is 1. The number of aryl methyl sites for hydroxylation is 1. The summed E-state index contributed by atoms with van der Waals surface area (Å²) in [4.78, 5) is 22.8. The molecule has 0 N–H and O–H groups in total. The van der Waals surface area contributed by atoms with Gasteiger partial charge in [-0.2, -0.15) is 0 Å². The standard InChI is InChI=1S/C25H29N3O5S/c1-16-8-9-20(30-3)21-23(16)34-25(26-21)28(11-10-27-12-14-31-15-13-27)24(29)22-17(2)32-18-6-4-5-7-19(18)33-22/h4-9,17,22H,10-15H2,1-3H3. The average Bonchev–Trinajstić information content (AvgIpc) is 3.30. The smallest absolute Gasteiger partial charge is 0.273 e. The molecule has 2 aliphatic heterocycles. The summed E-state index contributed by atoms with van der Waals surface area (Å²) in [6.07, 6.45) is -1.20. The molecule has 2 unspecified atom stereocenters. The number of anilines is 1. The first-order valence-electron chi connectivity index (χ1n) is 11.5. The second-order valence-electron chi connectivity index (χ2n) is 8.51. The molecule has 34 heavy (non-hydrogen) atoms. The van der Waals surface area contributed by atoms with Gasteiger partial charge in [0.15, 0.2) is 16.6 Å². The van der Waals surface area contributed by atoms with E-state index in [1.165, 1.54) is 11.3 Å². The van der Waals surface area contributed by atoms with Crippen LogP contribution in [0.1, 0.15) is 12.5 Å². The third kappa shape index (κ3) is 4.43. The largest absolute Gasteiger partial charge is 0.494 e. The van der Waals surface area contributed by atoms with Gasteiger partial charge in [0.05, 0.1) is 25.0 Å². The molecular weight excluding hydrogens is 454 g/mol. The summed E-state index contributed by atoms with van der Waals surface area (Å²) in [5.41, 5.74) is 1.87. The van der Waals surface area contributed by atoms with Crippen molar-refractivity contribution in [2.75, 3.05) is 51.4 Å². The zero-order valence-corrected chi connectivity index (χ0v) is 20.5. The highest BCUT2D eigenvalue weighted by Crippen LogP contribution is 2.38. The van der Waals surface area contributed by atoms with E-state index >= 15 is 0 Å². The number of para-hydroxylation sites is 2. The van der Waals surface area contributed by atoms with Crippen LogP contribution in [-0.4, -0.2) is 74.5 Å². The Morgan fingerprint density at radius 3 is 2.65 bits per heavy atom.